The maximum Gasteiger partial charge on any atom is 0.264 e. The molecular formula is C17H15N3O3S. The molecule has 0 saturated heterocycles. The van der Waals surface area contributed by atoms with Crippen LogP contribution in [-0.4, -0.2) is 24.7 Å². The molecular weight excluding hydrogens is 326 g/mol. The first-order valence-corrected chi connectivity index (χ1v) is 7.39. The van der Waals surface area contributed by atoms with Gasteiger partial charge in [0, 0.05) is 5.69 Å². The monoisotopic (exact) mass is 341 g/mol. The summed E-state index contributed by atoms with van der Waals surface area (Å²) < 4.78 is 10.4. The molecule has 24 heavy (non-hydrogen) atoms. The quantitative estimate of drug-likeness (QED) is 0.813. The molecule has 122 valence electrons. The van der Waals surface area contributed by atoms with Crippen molar-refractivity contribution >= 4 is 28.9 Å². The zero-order valence-electron chi connectivity index (χ0n) is 12.9. The van der Waals surface area contributed by atoms with Crippen LogP contribution in [0.1, 0.15) is 5.56 Å². The van der Waals surface area contributed by atoms with Gasteiger partial charge >= 0.3 is 0 Å². The Bertz CT molecular complexity index is 769. The number of methoxy groups -OCH3 is 1. The van der Waals surface area contributed by atoms with Crippen LogP contribution >= 0.6 is 12.2 Å². The highest BCUT2D eigenvalue weighted by Crippen LogP contribution is 2.16. The highest BCUT2D eigenvalue weighted by Gasteiger charge is 2.06. The molecule has 0 aliphatic carbocycles. The van der Waals surface area contributed by atoms with Gasteiger partial charge in [0.2, 0.25) is 0 Å². The Balaban J connectivity index is 1.80. The predicted molar refractivity (Wildman–Crippen MR) is 94.0 cm³/mol. The second-order valence-electron chi connectivity index (χ2n) is 4.66. The first-order chi connectivity index (χ1) is 11.6. The van der Waals surface area contributed by atoms with Crippen molar-refractivity contribution in [2.75, 3.05) is 19.0 Å². The zero-order valence-corrected chi connectivity index (χ0v) is 13.7. The summed E-state index contributed by atoms with van der Waals surface area (Å²) in [4.78, 5) is 11.8. The highest BCUT2D eigenvalue weighted by molar-refractivity contribution is 7.80. The van der Waals surface area contributed by atoms with Gasteiger partial charge < -0.3 is 14.8 Å². The standard InChI is InChI=1S/C17H15N3O3S/c1-22-14-5-7-15(8-6-14)23-11-16(21)20-17(24)19-13-4-2-3-12(9-13)10-18/h2-9H,11H2,1H3,(H2,19,20,21,24). The van der Waals surface area contributed by atoms with Crippen LogP contribution in [0.25, 0.3) is 0 Å². The number of anilines is 1. The minimum absolute atomic E-state index is 0.133. The Morgan fingerprint density at radius 2 is 1.92 bits per heavy atom. The van der Waals surface area contributed by atoms with Gasteiger partial charge in [-0.3, -0.25) is 10.1 Å². The SMILES string of the molecule is COc1ccc(OCC(=O)NC(=S)Nc2cccc(C#N)c2)cc1. The van der Waals surface area contributed by atoms with Crippen molar-refractivity contribution in [1.29, 1.82) is 5.26 Å². The van der Waals surface area contributed by atoms with Crippen molar-refractivity contribution in [3.8, 4) is 17.6 Å². The van der Waals surface area contributed by atoms with Crippen LogP contribution in [0.5, 0.6) is 11.5 Å². The molecule has 0 bridgehead atoms. The molecule has 0 spiro atoms. The van der Waals surface area contributed by atoms with Gasteiger partial charge in [-0.25, -0.2) is 0 Å². The number of hydrogen-bond acceptors (Lipinski definition) is 5. The Hall–Kier alpha value is -3.11. The number of hydrogen-bond donors (Lipinski definition) is 2. The topological polar surface area (TPSA) is 83.4 Å². The van der Waals surface area contributed by atoms with Gasteiger partial charge in [0.25, 0.3) is 5.91 Å². The average molecular weight is 341 g/mol. The molecule has 0 heterocycles. The minimum Gasteiger partial charge on any atom is -0.497 e. The lowest BCUT2D eigenvalue weighted by Gasteiger charge is -2.10. The fraction of sp³-hybridized carbons (Fsp3) is 0.118. The van der Waals surface area contributed by atoms with Crippen molar-refractivity contribution in [3.63, 3.8) is 0 Å². The van der Waals surface area contributed by atoms with E-state index in [2.05, 4.69) is 10.6 Å². The minimum atomic E-state index is -0.389. The number of nitrogens with one attached hydrogen (secondary N) is 2. The van der Waals surface area contributed by atoms with Crippen molar-refractivity contribution in [2.24, 2.45) is 0 Å². The molecule has 2 rings (SSSR count). The summed E-state index contributed by atoms with van der Waals surface area (Å²) in [6, 6.07) is 15.7. The molecule has 0 aromatic heterocycles. The molecule has 0 atom stereocenters. The average Bonchev–Trinajstić information content (AvgIpc) is 2.60. The number of ether oxygens (including phenoxy) is 2. The molecule has 2 aromatic rings. The van der Waals surface area contributed by atoms with Gasteiger partial charge in [-0.15, -0.1) is 0 Å². The summed E-state index contributed by atoms with van der Waals surface area (Å²) >= 11 is 5.06. The number of rotatable bonds is 5. The predicted octanol–water partition coefficient (Wildman–Crippen LogP) is 2.46. The van der Waals surface area contributed by atoms with Crippen LogP contribution in [0, 0.1) is 11.3 Å². The van der Waals surface area contributed by atoms with Crippen LogP contribution < -0.4 is 20.1 Å². The van der Waals surface area contributed by atoms with Gasteiger partial charge in [0.05, 0.1) is 18.7 Å². The number of carbonyl (C=O) groups excluding carboxylic acids is 1. The number of benzene rings is 2. The molecule has 0 fully saturated rings. The number of nitrogens with zero attached hydrogens (tertiary/aromatic N) is 1. The first kappa shape index (κ1) is 17.2. The molecule has 2 N–H and O–H groups in total. The van der Waals surface area contributed by atoms with E-state index in [1.165, 1.54) is 0 Å². The molecule has 1 amide bonds. The third-order valence-corrected chi connectivity index (χ3v) is 3.14. The van der Waals surface area contributed by atoms with Gasteiger partial charge in [-0.2, -0.15) is 5.26 Å². The van der Waals surface area contributed by atoms with Gasteiger partial charge in [0.1, 0.15) is 11.5 Å². The third-order valence-electron chi connectivity index (χ3n) is 2.93. The van der Waals surface area contributed by atoms with E-state index in [0.29, 0.717) is 22.7 Å². The smallest absolute Gasteiger partial charge is 0.264 e. The summed E-state index contributed by atoms with van der Waals surface area (Å²) in [5, 5.41) is 14.3. The van der Waals surface area contributed by atoms with Crippen molar-refractivity contribution in [2.45, 2.75) is 0 Å². The van der Waals surface area contributed by atoms with Crippen LogP contribution in [0.4, 0.5) is 5.69 Å². The maximum absolute atomic E-state index is 11.8. The van der Waals surface area contributed by atoms with E-state index in [9.17, 15) is 4.79 Å². The van der Waals surface area contributed by atoms with Gasteiger partial charge in [-0.1, -0.05) is 6.07 Å². The van der Waals surface area contributed by atoms with E-state index in [-0.39, 0.29) is 17.6 Å². The fourth-order valence-electron chi connectivity index (χ4n) is 1.81. The zero-order chi connectivity index (χ0) is 17.4. The largest absolute Gasteiger partial charge is 0.497 e. The maximum atomic E-state index is 11.8. The third kappa shape index (κ3) is 5.26. The Morgan fingerprint density at radius 3 is 2.58 bits per heavy atom. The van der Waals surface area contributed by atoms with Crippen LogP contribution in [0.3, 0.4) is 0 Å². The van der Waals surface area contributed by atoms with Crippen molar-refractivity contribution in [3.05, 3.63) is 54.1 Å². The Morgan fingerprint density at radius 1 is 1.21 bits per heavy atom. The Labute approximate surface area is 145 Å². The van der Waals surface area contributed by atoms with E-state index in [1.54, 1.807) is 55.6 Å². The molecule has 2 aromatic carbocycles. The van der Waals surface area contributed by atoms with Gasteiger partial charge in [-0.05, 0) is 54.7 Å². The second-order valence-corrected chi connectivity index (χ2v) is 5.07. The lowest BCUT2D eigenvalue weighted by molar-refractivity contribution is -0.121. The van der Waals surface area contributed by atoms with Crippen molar-refractivity contribution in [1.82, 2.24) is 5.32 Å². The van der Waals surface area contributed by atoms with E-state index in [0.717, 1.165) is 0 Å². The first-order valence-electron chi connectivity index (χ1n) is 6.98. The molecule has 0 aliphatic rings. The second kappa shape index (κ2) is 8.50. The van der Waals surface area contributed by atoms with E-state index in [1.807, 2.05) is 6.07 Å². The molecule has 0 radical (unpaired) electrons. The lowest BCUT2D eigenvalue weighted by atomic mass is 10.2. The molecule has 7 heteroatoms. The molecule has 0 aliphatic heterocycles. The van der Waals surface area contributed by atoms with E-state index in [4.69, 9.17) is 27.0 Å². The normalized spacial score (nSPS) is 9.50. The summed E-state index contributed by atoms with van der Waals surface area (Å²) in [5.41, 5.74) is 1.12. The molecule has 0 saturated carbocycles. The summed E-state index contributed by atoms with van der Waals surface area (Å²) in [5.74, 6) is 0.864. The van der Waals surface area contributed by atoms with Crippen LogP contribution in [-0.2, 0) is 4.79 Å². The highest BCUT2D eigenvalue weighted by atomic mass is 32.1. The van der Waals surface area contributed by atoms with Gasteiger partial charge in [0.15, 0.2) is 11.7 Å². The van der Waals surface area contributed by atoms with Crippen LogP contribution in [0.15, 0.2) is 48.5 Å². The molecule has 0 unspecified atom stereocenters. The van der Waals surface area contributed by atoms with Crippen LogP contribution in [0.2, 0.25) is 0 Å². The number of nitriles is 1. The van der Waals surface area contributed by atoms with E-state index < -0.39 is 0 Å². The lowest BCUT2D eigenvalue weighted by Crippen LogP contribution is -2.37. The van der Waals surface area contributed by atoms with E-state index >= 15 is 0 Å². The number of thiocarbonyl (C=S) groups is 1. The molecule has 6 nitrogen and oxygen atoms in total. The number of amides is 1. The fourth-order valence-corrected chi connectivity index (χ4v) is 2.04. The van der Waals surface area contributed by atoms with Crippen molar-refractivity contribution < 1.29 is 14.3 Å². The number of carbonyl (C=O) groups is 1. The summed E-state index contributed by atoms with van der Waals surface area (Å²) in [6.45, 7) is -0.174. The summed E-state index contributed by atoms with van der Waals surface area (Å²) in [6.07, 6.45) is 0. The Kier molecular flexibility index (Phi) is 6.11. The summed E-state index contributed by atoms with van der Waals surface area (Å²) in [7, 11) is 1.57.